The third-order valence-corrected chi connectivity index (χ3v) is 5.64. The first kappa shape index (κ1) is 21.7. The minimum absolute atomic E-state index is 0.0565. The summed E-state index contributed by atoms with van der Waals surface area (Å²) in [4.78, 5) is 26.9. The standard InChI is InChI=1S/C25H24N4O5/c1-28-11-8-23(27-28)26-24(30)17-12-21(20-14-19(15-32-2)34-22(20)13-17)33-18-6-4-16(5-7-18)25(31)29-9-3-10-29/h3-9,11-13,19H,10,14-15H2,1-2H3,(H,26,27,30). The number of nitrogens with one attached hydrogen (secondary N) is 1. The third kappa shape index (κ3) is 4.38. The van der Waals surface area contributed by atoms with Crippen LogP contribution in [0.1, 0.15) is 26.3 Å². The van der Waals surface area contributed by atoms with E-state index in [1.807, 2.05) is 6.08 Å². The van der Waals surface area contributed by atoms with Gasteiger partial charge in [-0.3, -0.25) is 14.3 Å². The quantitative estimate of drug-likeness (QED) is 0.581. The number of hydrogen-bond donors (Lipinski definition) is 1. The molecule has 1 N–H and O–H groups in total. The molecule has 2 aliphatic rings. The summed E-state index contributed by atoms with van der Waals surface area (Å²) in [5.74, 6) is 1.73. The molecule has 9 nitrogen and oxygen atoms in total. The minimum atomic E-state index is -0.325. The van der Waals surface area contributed by atoms with Crippen LogP contribution in [0.4, 0.5) is 5.82 Å². The van der Waals surface area contributed by atoms with Gasteiger partial charge in [0, 0.05) is 62.3 Å². The highest BCUT2D eigenvalue weighted by Crippen LogP contribution is 2.40. The summed E-state index contributed by atoms with van der Waals surface area (Å²) in [6.45, 7) is 1.05. The predicted molar refractivity (Wildman–Crippen MR) is 124 cm³/mol. The van der Waals surface area contributed by atoms with Crippen molar-refractivity contribution in [3.8, 4) is 17.2 Å². The van der Waals surface area contributed by atoms with Gasteiger partial charge in [-0.05, 0) is 42.5 Å². The van der Waals surface area contributed by atoms with Crippen LogP contribution in [0.15, 0.2) is 60.9 Å². The average Bonchev–Trinajstić information content (AvgIpc) is 3.38. The van der Waals surface area contributed by atoms with E-state index in [4.69, 9.17) is 14.2 Å². The van der Waals surface area contributed by atoms with Crippen molar-refractivity contribution in [2.75, 3.05) is 25.6 Å². The van der Waals surface area contributed by atoms with Gasteiger partial charge >= 0.3 is 0 Å². The van der Waals surface area contributed by atoms with Crippen molar-refractivity contribution in [3.05, 3.63) is 77.6 Å². The fourth-order valence-electron chi connectivity index (χ4n) is 3.87. The summed E-state index contributed by atoms with van der Waals surface area (Å²) in [6.07, 6.45) is 5.86. The highest BCUT2D eigenvalue weighted by Gasteiger charge is 2.29. The molecular weight excluding hydrogens is 436 g/mol. The second kappa shape index (κ2) is 9.03. The van der Waals surface area contributed by atoms with Gasteiger partial charge in [0.15, 0.2) is 5.82 Å². The van der Waals surface area contributed by atoms with Gasteiger partial charge in [-0.2, -0.15) is 5.10 Å². The normalized spacial score (nSPS) is 15.9. The molecule has 0 bridgehead atoms. The second-order valence-electron chi connectivity index (χ2n) is 8.15. The van der Waals surface area contributed by atoms with Gasteiger partial charge in [-0.15, -0.1) is 0 Å². The van der Waals surface area contributed by atoms with Crippen molar-refractivity contribution in [3.63, 3.8) is 0 Å². The highest BCUT2D eigenvalue weighted by atomic mass is 16.5. The van der Waals surface area contributed by atoms with Crippen LogP contribution in [0.25, 0.3) is 0 Å². The molecule has 9 heteroatoms. The largest absolute Gasteiger partial charge is 0.487 e. The van der Waals surface area contributed by atoms with E-state index in [9.17, 15) is 9.59 Å². The maximum Gasteiger partial charge on any atom is 0.258 e. The minimum Gasteiger partial charge on any atom is -0.487 e. The van der Waals surface area contributed by atoms with Crippen LogP contribution in [0.2, 0.25) is 0 Å². The summed E-state index contributed by atoms with van der Waals surface area (Å²) in [5, 5.41) is 6.98. The first-order valence-electron chi connectivity index (χ1n) is 10.9. The summed E-state index contributed by atoms with van der Waals surface area (Å²) in [5.41, 5.74) is 1.82. The lowest BCUT2D eigenvalue weighted by molar-refractivity contribution is 0.0816. The van der Waals surface area contributed by atoms with Gasteiger partial charge in [0.2, 0.25) is 0 Å². The highest BCUT2D eigenvalue weighted by molar-refractivity contribution is 6.04. The number of hydrogen-bond acceptors (Lipinski definition) is 6. The molecule has 3 aromatic rings. The first-order valence-corrected chi connectivity index (χ1v) is 10.9. The SMILES string of the molecule is COCC1Cc2c(Oc3ccc(C(=O)N4C=CC4)cc3)cc(C(=O)Nc3ccn(C)n3)cc2O1. The molecule has 0 radical (unpaired) electrons. The molecule has 2 aromatic carbocycles. The molecule has 1 atom stereocenters. The van der Waals surface area contributed by atoms with E-state index in [0.29, 0.717) is 53.8 Å². The van der Waals surface area contributed by atoms with Gasteiger partial charge in [0.25, 0.3) is 11.8 Å². The number of amides is 2. The maximum absolute atomic E-state index is 12.9. The third-order valence-electron chi connectivity index (χ3n) is 5.64. The number of rotatable bonds is 7. The molecule has 0 aliphatic carbocycles. The van der Waals surface area contributed by atoms with Crippen LogP contribution in [0, 0.1) is 0 Å². The topological polar surface area (TPSA) is 94.9 Å². The van der Waals surface area contributed by atoms with Crippen molar-refractivity contribution in [2.45, 2.75) is 12.5 Å². The molecule has 0 saturated carbocycles. The fourth-order valence-corrected chi connectivity index (χ4v) is 3.87. The van der Waals surface area contributed by atoms with Gasteiger partial charge < -0.3 is 24.4 Å². The fraction of sp³-hybridized carbons (Fsp3) is 0.240. The van der Waals surface area contributed by atoms with Crippen LogP contribution in [-0.4, -0.2) is 52.9 Å². The first-order chi connectivity index (χ1) is 16.5. The molecular formula is C25H24N4O5. The van der Waals surface area contributed by atoms with E-state index in [2.05, 4.69) is 10.4 Å². The number of ether oxygens (including phenoxy) is 3. The van der Waals surface area contributed by atoms with E-state index in [-0.39, 0.29) is 17.9 Å². The zero-order chi connectivity index (χ0) is 23.7. The van der Waals surface area contributed by atoms with Crippen molar-refractivity contribution in [1.82, 2.24) is 14.7 Å². The number of nitrogens with zero attached hydrogens (tertiary/aromatic N) is 3. The Morgan fingerprint density at radius 2 is 1.97 bits per heavy atom. The molecule has 1 unspecified atom stereocenters. The molecule has 3 heterocycles. The van der Waals surface area contributed by atoms with Crippen molar-refractivity contribution >= 4 is 17.6 Å². The van der Waals surface area contributed by atoms with Crippen LogP contribution >= 0.6 is 0 Å². The Bertz CT molecular complexity index is 1260. The molecule has 0 spiro atoms. The molecule has 5 rings (SSSR count). The number of aromatic nitrogens is 2. The lowest BCUT2D eigenvalue weighted by Crippen LogP contribution is -2.31. The Labute approximate surface area is 196 Å². The van der Waals surface area contributed by atoms with Gasteiger partial charge in [0.05, 0.1) is 6.61 Å². The number of anilines is 1. The molecule has 34 heavy (non-hydrogen) atoms. The average molecular weight is 460 g/mol. The summed E-state index contributed by atoms with van der Waals surface area (Å²) >= 11 is 0. The molecule has 1 aromatic heterocycles. The van der Waals surface area contributed by atoms with E-state index in [0.717, 1.165) is 5.56 Å². The number of carbonyl (C=O) groups is 2. The summed E-state index contributed by atoms with van der Waals surface area (Å²) in [6, 6.07) is 12.1. The van der Waals surface area contributed by atoms with E-state index in [1.165, 1.54) is 0 Å². The molecule has 2 amide bonds. The number of methoxy groups -OCH3 is 1. The lowest BCUT2D eigenvalue weighted by atomic mass is 10.1. The summed E-state index contributed by atoms with van der Waals surface area (Å²) in [7, 11) is 3.40. The van der Waals surface area contributed by atoms with E-state index < -0.39 is 0 Å². The van der Waals surface area contributed by atoms with Gasteiger partial charge in [-0.1, -0.05) is 0 Å². The lowest BCUT2D eigenvalue weighted by Gasteiger charge is -2.23. The zero-order valence-corrected chi connectivity index (χ0v) is 18.9. The Balaban J connectivity index is 1.40. The van der Waals surface area contributed by atoms with Crippen molar-refractivity contribution in [1.29, 1.82) is 0 Å². The van der Waals surface area contributed by atoms with Crippen LogP contribution in [-0.2, 0) is 18.2 Å². The maximum atomic E-state index is 12.9. The smallest absolute Gasteiger partial charge is 0.258 e. The zero-order valence-electron chi connectivity index (χ0n) is 18.9. The van der Waals surface area contributed by atoms with Crippen LogP contribution in [0.5, 0.6) is 17.2 Å². The predicted octanol–water partition coefficient (Wildman–Crippen LogP) is 3.38. The second-order valence-corrected chi connectivity index (χ2v) is 8.15. The Kier molecular flexibility index (Phi) is 5.77. The Hall–Kier alpha value is -4.11. The molecule has 0 saturated heterocycles. The molecule has 2 aliphatic heterocycles. The Morgan fingerprint density at radius 3 is 2.62 bits per heavy atom. The Morgan fingerprint density at radius 1 is 1.18 bits per heavy atom. The van der Waals surface area contributed by atoms with Crippen molar-refractivity contribution in [2.24, 2.45) is 7.05 Å². The van der Waals surface area contributed by atoms with Crippen LogP contribution < -0.4 is 14.8 Å². The number of carbonyl (C=O) groups excluding carboxylic acids is 2. The van der Waals surface area contributed by atoms with Gasteiger partial charge in [-0.25, -0.2) is 0 Å². The number of benzene rings is 2. The van der Waals surface area contributed by atoms with Crippen LogP contribution in [0.3, 0.4) is 0 Å². The molecule has 174 valence electrons. The molecule has 0 fully saturated rings. The number of aryl methyl sites for hydroxylation is 1. The number of fused-ring (bicyclic) bond motifs is 1. The monoisotopic (exact) mass is 460 g/mol. The summed E-state index contributed by atoms with van der Waals surface area (Å²) < 4.78 is 19.0. The van der Waals surface area contributed by atoms with E-state index in [1.54, 1.807) is 78.6 Å². The van der Waals surface area contributed by atoms with Gasteiger partial charge in [0.1, 0.15) is 23.4 Å². The van der Waals surface area contributed by atoms with E-state index >= 15 is 0 Å². The van der Waals surface area contributed by atoms with Crippen molar-refractivity contribution < 1.29 is 23.8 Å².